The summed E-state index contributed by atoms with van der Waals surface area (Å²) >= 11 is 1.65. The van der Waals surface area contributed by atoms with Gasteiger partial charge in [0.05, 0.1) is 12.3 Å². The molecule has 0 radical (unpaired) electrons. The quantitative estimate of drug-likeness (QED) is 0.658. The van der Waals surface area contributed by atoms with Crippen LogP contribution in [0, 0.1) is 5.82 Å². The number of thioether (sulfide) groups is 1. The average Bonchev–Trinajstić information content (AvgIpc) is 3.00. The van der Waals surface area contributed by atoms with Crippen molar-refractivity contribution in [2.75, 3.05) is 17.7 Å². The highest BCUT2D eigenvalue weighted by molar-refractivity contribution is 7.98. The zero-order valence-corrected chi connectivity index (χ0v) is 16.4. The summed E-state index contributed by atoms with van der Waals surface area (Å²) in [7, 11) is 0. The van der Waals surface area contributed by atoms with Gasteiger partial charge in [-0.1, -0.05) is 12.1 Å². The molecule has 6 heteroatoms. The van der Waals surface area contributed by atoms with Gasteiger partial charge in [0.15, 0.2) is 0 Å². The third kappa shape index (κ3) is 5.16. The summed E-state index contributed by atoms with van der Waals surface area (Å²) in [6, 6.07) is 10.3. The lowest BCUT2D eigenvalue weighted by Gasteiger charge is -2.12. The summed E-state index contributed by atoms with van der Waals surface area (Å²) in [6.45, 7) is 4.64. The van der Waals surface area contributed by atoms with Crippen LogP contribution < -0.4 is 14.8 Å². The number of rotatable bonds is 8. The molecule has 27 heavy (non-hydrogen) atoms. The van der Waals surface area contributed by atoms with E-state index in [-0.39, 0.29) is 17.7 Å². The van der Waals surface area contributed by atoms with Crippen molar-refractivity contribution < 1.29 is 18.7 Å². The third-order valence-corrected chi connectivity index (χ3v) is 5.27. The molecule has 1 aliphatic rings. The maximum atomic E-state index is 13.6. The fraction of sp³-hybridized carbons (Fsp3) is 0.381. The monoisotopic (exact) mass is 389 g/mol. The fourth-order valence-corrected chi connectivity index (χ4v) is 3.93. The van der Waals surface area contributed by atoms with Gasteiger partial charge in [0.2, 0.25) is 5.91 Å². The first-order valence-electron chi connectivity index (χ1n) is 9.14. The number of amides is 1. The van der Waals surface area contributed by atoms with Crippen molar-refractivity contribution in [2.45, 2.75) is 38.5 Å². The molecular formula is C21H24FNO3S. The molecule has 3 rings (SSSR count). The van der Waals surface area contributed by atoms with Gasteiger partial charge in [0.1, 0.15) is 23.4 Å². The minimum Gasteiger partial charge on any atom is -0.494 e. The fourth-order valence-electron chi connectivity index (χ4n) is 3.01. The molecule has 144 valence electrons. The van der Waals surface area contributed by atoms with Crippen LogP contribution in [0.15, 0.2) is 36.4 Å². The number of anilines is 1. The molecule has 4 nitrogen and oxygen atoms in total. The first-order valence-corrected chi connectivity index (χ1v) is 10.3. The standard InChI is InChI=1S/C21H24FNO3S/c1-3-25-19-11-15-10-14(2)26-20(15)12-16(19)13-27-9-8-21(24)23-18-7-5-4-6-17(18)22/h4-7,11-12,14H,3,8-10,13H2,1-2H3,(H,23,24)/t14-/m0/s1. The van der Waals surface area contributed by atoms with E-state index in [0.29, 0.717) is 18.8 Å². The molecule has 2 aromatic carbocycles. The molecule has 0 fully saturated rings. The molecule has 0 saturated carbocycles. The molecule has 0 aliphatic carbocycles. The van der Waals surface area contributed by atoms with E-state index >= 15 is 0 Å². The molecule has 1 amide bonds. The van der Waals surface area contributed by atoms with E-state index in [9.17, 15) is 9.18 Å². The van der Waals surface area contributed by atoms with Gasteiger partial charge >= 0.3 is 0 Å². The van der Waals surface area contributed by atoms with E-state index in [0.717, 1.165) is 29.2 Å². The summed E-state index contributed by atoms with van der Waals surface area (Å²) in [6.07, 6.45) is 1.42. The molecule has 1 atom stereocenters. The number of carbonyl (C=O) groups is 1. The van der Waals surface area contributed by atoms with Crippen LogP contribution in [0.1, 0.15) is 31.4 Å². The van der Waals surface area contributed by atoms with Gasteiger partial charge in [-0.3, -0.25) is 4.79 Å². The van der Waals surface area contributed by atoms with Crippen LogP contribution in [0.5, 0.6) is 11.5 Å². The predicted octanol–water partition coefficient (Wildman–Crippen LogP) is 4.81. The number of fused-ring (bicyclic) bond motifs is 1. The SMILES string of the molecule is CCOc1cc2c(cc1CSCCC(=O)Nc1ccccc1F)O[C@@H](C)C2. The second-order valence-corrected chi connectivity index (χ2v) is 7.57. The number of para-hydroxylation sites is 1. The predicted molar refractivity (Wildman–Crippen MR) is 107 cm³/mol. The second kappa shape index (κ2) is 9.13. The van der Waals surface area contributed by atoms with Crippen molar-refractivity contribution in [3.05, 3.63) is 53.3 Å². The smallest absolute Gasteiger partial charge is 0.225 e. The lowest BCUT2D eigenvalue weighted by atomic mass is 10.1. The van der Waals surface area contributed by atoms with Crippen molar-refractivity contribution in [1.82, 2.24) is 0 Å². The number of hydrogen-bond donors (Lipinski definition) is 1. The Morgan fingerprint density at radius 2 is 2.19 bits per heavy atom. The van der Waals surface area contributed by atoms with Gasteiger partial charge in [-0.25, -0.2) is 4.39 Å². The minimum absolute atomic E-state index is 0.191. The Morgan fingerprint density at radius 1 is 1.37 bits per heavy atom. The van der Waals surface area contributed by atoms with Crippen molar-refractivity contribution in [3.63, 3.8) is 0 Å². The van der Waals surface area contributed by atoms with E-state index in [1.165, 1.54) is 11.6 Å². The number of benzene rings is 2. The van der Waals surface area contributed by atoms with Gasteiger partial charge in [0.25, 0.3) is 0 Å². The summed E-state index contributed by atoms with van der Waals surface area (Å²) in [5.74, 6) is 2.57. The topological polar surface area (TPSA) is 47.6 Å². The van der Waals surface area contributed by atoms with Gasteiger partial charge in [-0.2, -0.15) is 11.8 Å². The number of halogens is 1. The average molecular weight is 389 g/mol. The highest BCUT2D eigenvalue weighted by Gasteiger charge is 2.21. The van der Waals surface area contributed by atoms with E-state index in [1.54, 1.807) is 30.0 Å². The van der Waals surface area contributed by atoms with Crippen LogP contribution in [0.3, 0.4) is 0 Å². The second-order valence-electron chi connectivity index (χ2n) is 6.46. The highest BCUT2D eigenvalue weighted by atomic mass is 32.2. The number of carbonyl (C=O) groups excluding carboxylic acids is 1. The zero-order valence-electron chi connectivity index (χ0n) is 15.6. The van der Waals surface area contributed by atoms with E-state index in [4.69, 9.17) is 9.47 Å². The van der Waals surface area contributed by atoms with Crippen molar-refractivity contribution in [2.24, 2.45) is 0 Å². The van der Waals surface area contributed by atoms with Gasteiger partial charge in [-0.15, -0.1) is 0 Å². The van der Waals surface area contributed by atoms with Crippen LogP contribution in [-0.2, 0) is 17.0 Å². The zero-order chi connectivity index (χ0) is 19.2. The van der Waals surface area contributed by atoms with Crippen LogP contribution in [-0.4, -0.2) is 24.4 Å². The van der Waals surface area contributed by atoms with Crippen molar-refractivity contribution in [1.29, 1.82) is 0 Å². The van der Waals surface area contributed by atoms with E-state index in [2.05, 4.69) is 24.4 Å². The molecule has 0 spiro atoms. The molecular weight excluding hydrogens is 365 g/mol. The number of nitrogens with one attached hydrogen (secondary N) is 1. The van der Waals surface area contributed by atoms with E-state index < -0.39 is 5.82 Å². The number of hydrogen-bond acceptors (Lipinski definition) is 4. The third-order valence-electron chi connectivity index (χ3n) is 4.26. The number of ether oxygens (including phenoxy) is 2. The van der Waals surface area contributed by atoms with E-state index in [1.807, 2.05) is 6.92 Å². The van der Waals surface area contributed by atoms with Gasteiger partial charge < -0.3 is 14.8 Å². The molecule has 0 aromatic heterocycles. The van der Waals surface area contributed by atoms with Gasteiger partial charge in [0, 0.05) is 35.5 Å². The molecule has 1 N–H and O–H groups in total. The Morgan fingerprint density at radius 3 is 2.96 bits per heavy atom. The molecule has 0 bridgehead atoms. The normalized spacial score (nSPS) is 15.1. The summed E-state index contributed by atoms with van der Waals surface area (Å²) in [5, 5.41) is 2.61. The Bertz CT molecular complexity index is 812. The van der Waals surface area contributed by atoms with Crippen molar-refractivity contribution >= 4 is 23.4 Å². The Balaban J connectivity index is 1.52. The van der Waals surface area contributed by atoms with Crippen LogP contribution >= 0.6 is 11.8 Å². The summed E-state index contributed by atoms with van der Waals surface area (Å²) < 4.78 is 25.2. The molecule has 1 aliphatic heterocycles. The largest absolute Gasteiger partial charge is 0.494 e. The molecule has 2 aromatic rings. The van der Waals surface area contributed by atoms with Gasteiger partial charge in [-0.05, 0) is 38.1 Å². The van der Waals surface area contributed by atoms with Crippen LogP contribution in [0.2, 0.25) is 0 Å². The maximum absolute atomic E-state index is 13.6. The Kier molecular flexibility index (Phi) is 6.61. The molecule has 1 heterocycles. The first kappa shape index (κ1) is 19.5. The molecule has 0 saturated heterocycles. The van der Waals surface area contributed by atoms with Crippen LogP contribution in [0.25, 0.3) is 0 Å². The first-order chi connectivity index (χ1) is 13.1. The summed E-state index contributed by atoms with van der Waals surface area (Å²) in [4.78, 5) is 12.0. The molecule has 0 unspecified atom stereocenters. The Labute approximate surface area is 163 Å². The van der Waals surface area contributed by atoms with Crippen molar-refractivity contribution in [3.8, 4) is 11.5 Å². The Hall–Kier alpha value is -2.21. The lowest BCUT2D eigenvalue weighted by molar-refractivity contribution is -0.115. The minimum atomic E-state index is -0.424. The van der Waals surface area contributed by atoms with Crippen LogP contribution in [0.4, 0.5) is 10.1 Å². The maximum Gasteiger partial charge on any atom is 0.225 e. The highest BCUT2D eigenvalue weighted by Crippen LogP contribution is 2.36. The lowest BCUT2D eigenvalue weighted by Crippen LogP contribution is -2.13. The summed E-state index contributed by atoms with van der Waals surface area (Å²) in [5.41, 5.74) is 2.48.